The van der Waals surface area contributed by atoms with Crippen LogP contribution in [0.4, 0.5) is 10.5 Å². The van der Waals surface area contributed by atoms with Crippen molar-refractivity contribution in [3.63, 3.8) is 0 Å². The van der Waals surface area contributed by atoms with Crippen molar-refractivity contribution >= 4 is 17.7 Å². The minimum absolute atomic E-state index is 0.0269. The van der Waals surface area contributed by atoms with Gasteiger partial charge in [0.1, 0.15) is 12.2 Å². The molecule has 4 fully saturated rings. The third-order valence-electron chi connectivity index (χ3n) is 7.32. The van der Waals surface area contributed by atoms with Gasteiger partial charge in [0.05, 0.1) is 12.1 Å². The van der Waals surface area contributed by atoms with Crippen molar-refractivity contribution < 1.29 is 19.1 Å². The van der Waals surface area contributed by atoms with Gasteiger partial charge in [-0.3, -0.25) is 14.6 Å². The minimum atomic E-state index is -0.306. The molecule has 0 radical (unpaired) electrons. The lowest BCUT2D eigenvalue weighted by atomic mass is 10.1. The molecule has 8 nitrogen and oxygen atoms in total. The fraction of sp³-hybridized carbons (Fsp3) is 0.667. The van der Waals surface area contributed by atoms with Gasteiger partial charge in [-0.15, -0.1) is 0 Å². The van der Waals surface area contributed by atoms with Crippen molar-refractivity contribution in [2.45, 2.75) is 56.5 Å². The Balaban J connectivity index is 1.22. The van der Waals surface area contributed by atoms with E-state index in [-0.39, 0.29) is 36.3 Å². The van der Waals surface area contributed by atoms with Crippen LogP contribution in [0.5, 0.6) is 0 Å². The second kappa shape index (κ2) is 8.90. The molecule has 8 heteroatoms. The SMILES string of the molecule is CN(C)c1ccccc1CN1C[C@@H]2OC(=O)N(C3CCN(C(=O)C4CCCCO4)C3)[C@@H]2C1. The van der Waals surface area contributed by atoms with Crippen LogP contribution < -0.4 is 4.90 Å². The molecule has 0 saturated carbocycles. The Morgan fingerprint density at radius 3 is 2.75 bits per heavy atom. The number of likely N-dealkylation sites (tertiary alicyclic amines) is 2. The average molecular weight is 443 g/mol. The van der Waals surface area contributed by atoms with Crippen LogP contribution in [0.1, 0.15) is 31.2 Å². The number of carbonyl (C=O) groups excluding carboxylic acids is 2. The van der Waals surface area contributed by atoms with E-state index in [0.29, 0.717) is 19.7 Å². The van der Waals surface area contributed by atoms with Crippen molar-refractivity contribution in [2.75, 3.05) is 51.8 Å². The first kappa shape index (κ1) is 21.5. The summed E-state index contributed by atoms with van der Waals surface area (Å²) in [5.74, 6) is 0.0876. The third-order valence-corrected chi connectivity index (χ3v) is 7.32. The van der Waals surface area contributed by atoms with Crippen molar-refractivity contribution in [2.24, 2.45) is 0 Å². The summed E-state index contributed by atoms with van der Waals surface area (Å²) in [6.07, 6.45) is 3.06. The molecule has 0 spiro atoms. The highest BCUT2D eigenvalue weighted by molar-refractivity contribution is 5.81. The molecule has 174 valence electrons. The number of hydrogen-bond donors (Lipinski definition) is 0. The van der Waals surface area contributed by atoms with Gasteiger partial charge in [0, 0.05) is 59.1 Å². The second-order valence-corrected chi connectivity index (χ2v) is 9.70. The Kier molecular flexibility index (Phi) is 5.99. The predicted molar refractivity (Wildman–Crippen MR) is 121 cm³/mol. The summed E-state index contributed by atoms with van der Waals surface area (Å²) >= 11 is 0. The molecular weight excluding hydrogens is 408 g/mol. The number of rotatable bonds is 5. The third kappa shape index (κ3) is 4.06. The van der Waals surface area contributed by atoms with Crippen molar-refractivity contribution in [1.29, 1.82) is 0 Å². The highest BCUT2D eigenvalue weighted by atomic mass is 16.6. The number of fused-ring (bicyclic) bond motifs is 1. The molecule has 4 aliphatic rings. The molecule has 2 unspecified atom stereocenters. The van der Waals surface area contributed by atoms with Gasteiger partial charge in [0.2, 0.25) is 0 Å². The number of anilines is 1. The van der Waals surface area contributed by atoms with Crippen LogP contribution >= 0.6 is 0 Å². The lowest BCUT2D eigenvalue weighted by molar-refractivity contribution is -0.145. The fourth-order valence-corrected chi connectivity index (χ4v) is 5.72. The van der Waals surface area contributed by atoms with E-state index in [0.717, 1.165) is 45.3 Å². The quantitative estimate of drug-likeness (QED) is 0.694. The number of nitrogens with zero attached hydrogens (tertiary/aromatic N) is 4. The summed E-state index contributed by atoms with van der Waals surface area (Å²) in [4.78, 5) is 33.9. The number of ether oxygens (including phenoxy) is 2. The number of amides is 2. The van der Waals surface area contributed by atoms with E-state index in [1.165, 1.54) is 11.3 Å². The summed E-state index contributed by atoms with van der Waals surface area (Å²) in [6, 6.07) is 8.52. The topological polar surface area (TPSA) is 65.6 Å². The zero-order chi connectivity index (χ0) is 22.2. The van der Waals surface area contributed by atoms with Gasteiger partial charge in [-0.2, -0.15) is 0 Å². The first-order chi connectivity index (χ1) is 15.5. The first-order valence-electron chi connectivity index (χ1n) is 11.9. The molecule has 2 amide bonds. The lowest BCUT2D eigenvalue weighted by Gasteiger charge is -2.30. The largest absolute Gasteiger partial charge is 0.442 e. The maximum Gasteiger partial charge on any atom is 0.410 e. The molecule has 32 heavy (non-hydrogen) atoms. The van der Waals surface area contributed by atoms with Gasteiger partial charge in [-0.1, -0.05) is 18.2 Å². The van der Waals surface area contributed by atoms with Gasteiger partial charge in [-0.25, -0.2) is 4.79 Å². The van der Waals surface area contributed by atoms with E-state index < -0.39 is 0 Å². The summed E-state index contributed by atoms with van der Waals surface area (Å²) < 4.78 is 11.5. The van der Waals surface area contributed by atoms with E-state index in [2.05, 4.69) is 48.2 Å². The normalized spacial score (nSPS) is 30.5. The maximum atomic E-state index is 12.9. The standard InChI is InChI=1S/C24H34N4O4/c1-25(2)19-8-4-3-7-17(19)13-26-15-20-22(16-26)32-24(30)28(20)18-10-11-27(14-18)23(29)21-9-5-6-12-31-21/h3-4,7-8,18,20-22H,5-6,9-16H2,1-2H3/t18?,20-,21?,22+/m1/s1. The molecule has 0 bridgehead atoms. The summed E-state index contributed by atoms with van der Waals surface area (Å²) in [5.41, 5.74) is 2.49. The Hall–Kier alpha value is -2.32. The molecule has 4 saturated heterocycles. The highest BCUT2D eigenvalue weighted by Gasteiger charge is 2.51. The van der Waals surface area contributed by atoms with Crippen LogP contribution in [0, 0.1) is 0 Å². The van der Waals surface area contributed by atoms with Crippen molar-refractivity contribution in [3.05, 3.63) is 29.8 Å². The predicted octanol–water partition coefficient (Wildman–Crippen LogP) is 1.93. The smallest absolute Gasteiger partial charge is 0.410 e. The Morgan fingerprint density at radius 1 is 1.12 bits per heavy atom. The zero-order valence-electron chi connectivity index (χ0n) is 19.1. The summed E-state index contributed by atoms with van der Waals surface area (Å²) in [5, 5.41) is 0. The first-order valence-corrected chi connectivity index (χ1v) is 11.9. The lowest BCUT2D eigenvalue weighted by Crippen LogP contribution is -2.47. The van der Waals surface area contributed by atoms with Crippen molar-refractivity contribution in [3.8, 4) is 0 Å². The number of para-hydroxylation sites is 1. The van der Waals surface area contributed by atoms with Gasteiger partial charge >= 0.3 is 6.09 Å². The van der Waals surface area contributed by atoms with Crippen LogP contribution in [0.3, 0.4) is 0 Å². The summed E-state index contributed by atoms with van der Waals surface area (Å²) in [7, 11) is 4.12. The minimum Gasteiger partial charge on any atom is -0.442 e. The van der Waals surface area contributed by atoms with Crippen LogP contribution in [-0.2, 0) is 20.8 Å². The van der Waals surface area contributed by atoms with E-state index in [9.17, 15) is 9.59 Å². The molecule has 0 N–H and O–H groups in total. The van der Waals surface area contributed by atoms with E-state index in [4.69, 9.17) is 9.47 Å². The van der Waals surface area contributed by atoms with E-state index >= 15 is 0 Å². The van der Waals surface area contributed by atoms with Crippen LogP contribution in [0.15, 0.2) is 24.3 Å². The van der Waals surface area contributed by atoms with E-state index in [1.54, 1.807) is 0 Å². The van der Waals surface area contributed by atoms with Crippen LogP contribution in [0.25, 0.3) is 0 Å². The Bertz CT molecular complexity index is 856. The van der Waals surface area contributed by atoms with Crippen LogP contribution in [-0.4, -0.2) is 97.9 Å². The maximum absolute atomic E-state index is 12.9. The summed E-state index contributed by atoms with van der Waals surface area (Å²) in [6.45, 7) is 4.32. The number of carbonyl (C=O) groups is 2. The molecule has 1 aromatic carbocycles. The number of benzene rings is 1. The molecular formula is C24H34N4O4. The van der Waals surface area contributed by atoms with Crippen LogP contribution in [0.2, 0.25) is 0 Å². The van der Waals surface area contributed by atoms with Gasteiger partial charge < -0.3 is 19.3 Å². The monoisotopic (exact) mass is 442 g/mol. The van der Waals surface area contributed by atoms with Gasteiger partial charge in [0.25, 0.3) is 5.91 Å². The highest BCUT2D eigenvalue weighted by Crippen LogP contribution is 2.33. The Morgan fingerprint density at radius 2 is 1.97 bits per heavy atom. The number of hydrogen-bond acceptors (Lipinski definition) is 6. The molecule has 1 aromatic rings. The average Bonchev–Trinajstić information content (AvgIpc) is 3.48. The molecule has 5 rings (SSSR count). The zero-order valence-corrected chi connectivity index (χ0v) is 19.1. The fourth-order valence-electron chi connectivity index (χ4n) is 5.72. The molecule has 4 aliphatic heterocycles. The Labute approximate surface area is 190 Å². The molecule has 4 heterocycles. The molecule has 0 aromatic heterocycles. The van der Waals surface area contributed by atoms with E-state index in [1.807, 2.05) is 9.80 Å². The van der Waals surface area contributed by atoms with Crippen molar-refractivity contribution in [1.82, 2.24) is 14.7 Å². The molecule has 0 aliphatic carbocycles. The second-order valence-electron chi connectivity index (χ2n) is 9.70. The van der Waals surface area contributed by atoms with Gasteiger partial charge in [-0.05, 0) is 37.3 Å². The molecule has 4 atom stereocenters. The van der Waals surface area contributed by atoms with Gasteiger partial charge in [0.15, 0.2) is 0 Å².